The van der Waals surface area contributed by atoms with Crippen LogP contribution >= 0.6 is 0 Å². The smallest absolute Gasteiger partial charge is 0.494 e. The van der Waals surface area contributed by atoms with Crippen molar-refractivity contribution < 1.29 is 32.2 Å². The molecule has 2 aromatic carbocycles. The van der Waals surface area contributed by atoms with Crippen molar-refractivity contribution in [1.82, 2.24) is 0 Å². The Morgan fingerprint density at radius 1 is 1.00 bits per heavy atom. The second-order valence-electron chi connectivity index (χ2n) is 5.73. The van der Waals surface area contributed by atoms with E-state index >= 15 is 0 Å². The molecular weight excluding hydrogens is 375 g/mol. The van der Waals surface area contributed by atoms with E-state index in [2.05, 4.69) is 10.1 Å². The highest BCUT2D eigenvalue weighted by Gasteiger charge is 2.31. The number of nitrogens with one attached hydrogen (secondary N) is 1. The molecule has 0 bridgehead atoms. The molecular formula is C20H22F3NO4. The second-order valence-corrected chi connectivity index (χ2v) is 5.73. The van der Waals surface area contributed by atoms with Gasteiger partial charge in [0.1, 0.15) is 17.2 Å². The van der Waals surface area contributed by atoms with Gasteiger partial charge in [-0.25, -0.2) is 0 Å². The van der Waals surface area contributed by atoms with Gasteiger partial charge < -0.3 is 19.5 Å². The molecule has 0 atom stereocenters. The van der Waals surface area contributed by atoms with E-state index in [0.29, 0.717) is 36.0 Å². The first kappa shape index (κ1) is 21.4. The van der Waals surface area contributed by atoms with Crippen LogP contribution in [0.2, 0.25) is 0 Å². The van der Waals surface area contributed by atoms with E-state index in [1.165, 1.54) is 18.2 Å². The fraction of sp³-hybridized carbons (Fsp3) is 0.350. The van der Waals surface area contributed by atoms with E-state index in [1.54, 1.807) is 24.3 Å². The summed E-state index contributed by atoms with van der Waals surface area (Å²) in [6.07, 6.45) is -4.72. The molecule has 0 saturated heterocycles. The Morgan fingerprint density at radius 2 is 1.71 bits per heavy atom. The molecule has 1 N–H and O–H groups in total. The molecule has 0 spiro atoms. The van der Waals surface area contributed by atoms with Crippen LogP contribution in [0.1, 0.15) is 25.8 Å². The molecule has 2 rings (SSSR count). The van der Waals surface area contributed by atoms with Crippen LogP contribution in [-0.2, 0) is 11.2 Å². The number of carbonyl (C=O) groups is 1. The molecule has 5 nitrogen and oxygen atoms in total. The number of amides is 1. The van der Waals surface area contributed by atoms with Crippen LogP contribution in [0.4, 0.5) is 18.9 Å². The second kappa shape index (κ2) is 9.87. The van der Waals surface area contributed by atoms with Crippen LogP contribution in [0.5, 0.6) is 17.2 Å². The van der Waals surface area contributed by atoms with E-state index in [1.807, 2.05) is 13.8 Å². The molecule has 28 heavy (non-hydrogen) atoms. The number of halogens is 3. The normalized spacial score (nSPS) is 11.0. The van der Waals surface area contributed by atoms with E-state index in [0.717, 1.165) is 0 Å². The summed E-state index contributed by atoms with van der Waals surface area (Å²) in [6, 6.07) is 10.8. The molecule has 0 aliphatic heterocycles. The lowest BCUT2D eigenvalue weighted by atomic mass is 10.1. The summed E-state index contributed by atoms with van der Waals surface area (Å²) >= 11 is 0. The lowest BCUT2D eigenvalue weighted by Gasteiger charge is -2.15. The number of aryl methyl sites for hydroxylation is 1. The van der Waals surface area contributed by atoms with Crippen LogP contribution in [0.15, 0.2) is 42.5 Å². The van der Waals surface area contributed by atoms with Crippen LogP contribution in [0.25, 0.3) is 0 Å². The Morgan fingerprint density at radius 3 is 2.39 bits per heavy atom. The van der Waals surface area contributed by atoms with Gasteiger partial charge in [-0.1, -0.05) is 18.2 Å². The summed E-state index contributed by atoms with van der Waals surface area (Å²) in [4.78, 5) is 12.3. The van der Waals surface area contributed by atoms with E-state index in [4.69, 9.17) is 9.47 Å². The summed E-state index contributed by atoms with van der Waals surface area (Å²) < 4.78 is 52.4. The Balaban J connectivity index is 2.06. The van der Waals surface area contributed by atoms with Gasteiger partial charge in [-0.2, -0.15) is 0 Å². The maximum atomic E-state index is 12.5. The van der Waals surface area contributed by atoms with Crippen LogP contribution in [0, 0.1) is 0 Å². The van der Waals surface area contributed by atoms with Gasteiger partial charge in [0.05, 0.1) is 18.9 Å². The van der Waals surface area contributed by atoms with E-state index < -0.39 is 6.36 Å². The van der Waals surface area contributed by atoms with Crippen molar-refractivity contribution in [1.29, 1.82) is 0 Å². The fourth-order valence-electron chi connectivity index (χ4n) is 2.54. The van der Waals surface area contributed by atoms with Gasteiger partial charge >= 0.3 is 6.36 Å². The number of hydrogen-bond acceptors (Lipinski definition) is 4. The molecule has 0 aliphatic carbocycles. The molecule has 0 heterocycles. The number of para-hydroxylation sites is 1. The van der Waals surface area contributed by atoms with Gasteiger partial charge in [0, 0.05) is 12.5 Å². The van der Waals surface area contributed by atoms with Crippen LogP contribution in [-0.4, -0.2) is 25.5 Å². The standard InChI is InChI=1S/C20H22F3NO4/c1-3-26-15-10-11-18(27-4-2)16(13-15)24-19(25)12-9-14-7-5-6-8-17(14)28-20(21,22)23/h5-8,10-11,13H,3-4,9,12H2,1-2H3,(H,24,25). The minimum atomic E-state index is -4.79. The zero-order chi connectivity index (χ0) is 20.6. The number of alkyl halides is 3. The third kappa shape index (κ3) is 6.68. The Bertz CT molecular complexity index is 793. The fourth-order valence-corrected chi connectivity index (χ4v) is 2.54. The summed E-state index contributed by atoms with van der Waals surface area (Å²) in [7, 11) is 0. The first-order chi connectivity index (χ1) is 13.3. The summed E-state index contributed by atoms with van der Waals surface area (Å²) in [5.74, 6) is 0.387. The molecule has 0 fully saturated rings. The van der Waals surface area contributed by atoms with Crippen LogP contribution < -0.4 is 19.5 Å². The highest BCUT2D eigenvalue weighted by molar-refractivity contribution is 5.92. The molecule has 0 aliphatic rings. The summed E-state index contributed by atoms with van der Waals surface area (Å²) in [5, 5.41) is 2.73. The first-order valence-electron chi connectivity index (χ1n) is 8.85. The van der Waals surface area contributed by atoms with Crippen molar-refractivity contribution in [3.05, 3.63) is 48.0 Å². The number of ether oxygens (including phenoxy) is 3. The van der Waals surface area contributed by atoms with Crippen molar-refractivity contribution in [2.75, 3.05) is 18.5 Å². The van der Waals surface area contributed by atoms with E-state index in [9.17, 15) is 18.0 Å². The first-order valence-corrected chi connectivity index (χ1v) is 8.85. The van der Waals surface area contributed by atoms with Gasteiger partial charge in [-0.3, -0.25) is 4.79 Å². The van der Waals surface area contributed by atoms with Crippen molar-refractivity contribution in [2.24, 2.45) is 0 Å². The number of anilines is 1. The number of benzene rings is 2. The molecule has 0 radical (unpaired) electrons. The average molecular weight is 397 g/mol. The summed E-state index contributed by atoms with van der Waals surface area (Å²) in [5.41, 5.74) is 0.737. The third-order valence-corrected chi connectivity index (χ3v) is 3.66. The van der Waals surface area contributed by atoms with Crippen molar-refractivity contribution >= 4 is 11.6 Å². The maximum Gasteiger partial charge on any atom is 0.573 e. The van der Waals surface area contributed by atoms with Gasteiger partial charge in [0.15, 0.2) is 0 Å². The minimum Gasteiger partial charge on any atom is -0.494 e. The Kier molecular flexibility index (Phi) is 7.54. The monoisotopic (exact) mass is 397 g/mol. The maximum absolute atomic E-state index is 12.5. The van der Waals surface area contributed by atoms with Gasteiger partial charge in [-0.15, -0.1) is 13.2 Å². The molecule has 0 saturated carbocycles. The predicted molar refractivity (Wildman–Crippen MR) is 98.9 cm³/mol. The zero-order valence-electron chi connectivity index (χ0n) is 15.6. The third-order valence-electron chi connectivity index (χ3n) is 3.66. The van der Waals surface area contributed by atoms with Gasteiger partial charge in [0.2, 0.25) is 5.91 Å². The molecule has 1 amide bonds. The van der Waals surface area contributed by atoms with Crippen molar-refractivity contribution in [2.45, 2.75) is 33.1 Å². The van der Waals surface area contributed by atoms with Gasteiger partial charge in [0.25, 0.3) is 0 Å². The predicted octanol–water partition coefficient (Wildman–Crippen LogP) is 4.95. The lowest BCUT2D eigenvalue weighted by Crippen LogP contribution is -2.18. The topological polar surface area (TPSA) is 56.8 Å². The minimum absolute atomic E-state index is 0.0251. The van der Waals surface area contributed by atoms with Crippen molar-refractivity contribution in [3.8, 4) is 17.2 Å². The molecule has 0 unspecified atom stereocenters. The largest absolute Gasteiger partial charge is 0.573 e. The van der Waals surface area contributed by atoms with Gasteiger partial charge in [-0.05, 0) is 44.0 Å². The average Bonchev–Trinajstić information content (AvgIpc) is 2.62. The number of hydrogen-bond donors (Lipinski definition) is 1. The highest BCUT2D eigenvalue weighted by Crippen LogP contribution is 2.30. The van der Waals surface area contributed by atoms with Crippen molar-refractivity contribution in [3.63, 3.8) is 0 Å². The highest BCUT2D eigenvalue weighted by atomic mass is 19.4. The molecule has 152 valence electrons. The Labute approximate surface area is 161 Å². The number of rotatable bonds is 9. The zero-order valence-corrected chi connectivity index (χ0v) is 15.6. The number of carbonyl (C=O) groups excluding carboxylic acids is 1. The Hall–Kier alpha value is -2.90. The van der Waals surface area contributed by atoms with Crippen LogP contribution in [0.3, 0.4) is 0 Å². The molecule has 8 heteroatoms. The molecule has 0 aromatic heterocycles. The van der Waals surface area contributed by atoms with E-state index in [-0.39, 0.29) is 24.5 Å². The SMILES string of the molecule is CCOc1ccc(OCC)c(NC(=O)CCc2ccccc2OC(F)(F)F)c1. The lowest BCUT2D eigenvalue weighted by molar-refractivity contribution is -0.274. The quantitative estimate of drug-likeness (QED) is 0.650. The summed E-state index contributed by atoms with van der Waals surface area (Å²) in [6.45, 7) is 4.55. The molecule has 2 aromatic rings.